The van der Waals surface area contributed by atoms with E-state index in [2.05, 4.69) is 21.2 Å². The van der Waals surface area contributed by atoms with Crippen LogP contribution in [0.1, 0.15) is 22.2 Å². The molecule has 0 bridgehead atoms. The number of halogens is 2. The van der Waals surface area contributed by atoms with E-state index in [0.717, 1.165) is 5.56 Å². The summed E-state index contributed by atoms with van der Waals surface area (Å²) in [6.45, 7) is 1.84. The van der Waals surface area contributed by atoms with Crippen LogP contribution in [0.3, 0.4) is 0 Å². The van der Waals surface area contributed by atoms with Gasteiger partial charge in [-0.3, -0.25) is 4.79 Å². The summed E-state index contributed by atoms with van der Waals surface area (Å²) in [5.41, 5.74) is 0.776. The number of furan rings is 1. The van der Waals surface area contributed by atoms with Crippen LogP contribution in [0.5, 0.6) is 0 Å². The molecule has 1 atom stereocenters. The highest BCUT2D eigenvalue weighted by atomic mass is 79.9. The van der Waals surface area contributed by atoms with Crippen molar-refractivity contribution < 1.29 is 13.6 Å². The molecule has 3 rings (SSSR count). The second-order valence-corrected chi connectivity index (χ2v) is 5.73. The monoisotopic (exact) mass is 352 g/mol. The van der Waals surface area contributed by atoms with Gasteiger partial charge in [-0.25, -0.2) is 4.39 Å². The number of hydrogen-bond acceptors (Lipinski definition) is 3. The molecule has 1 saturated heterocycles. The van der Waals surface area contributed by atoms with Crippen LogP contribution in [-0.2, 0) is 0 Å². The molecule has 1 aromatic carbocycles. The summed E-state index contributed by atoms with van der Waals surface area (Å²) in [4.78, 5) is 14.3. The maximum Gasteiger partial charge on any atom is 0.291 e. The van der Waals surface area contributed by atoms with Gasteiger partial charge in [-0.2, -0.15) is 0 Å². The van der Waals surface area contributed by atoms with Gasteiger partial charge >= 0.3 is 0 Å². The molecule has 1 aliphatic rings. The number of nitrogens with zero attached hydrogens (tertiary/aromatic N) is 1. The van der Waals surface area contributed by atoms with Crippen molar-refractivity contribution in [3.05, 3.63) is 58.2 Å². The number of rotatable bonds is 2. The van der Waals surface area contributed by atoms with Gasteiger partial charge in [0.1, 0.15) is 5.82 Å². The zero-order valence-electron chi connectivity index (χ0n) is 11.2. The van der Waals surface area contributed by atoms with Crippen molar-refractivity contribution in [2.75, 3.05) is 19.6 Å². The maximum absolute atomic E-state index is 13.4. The molecule has 0 radical (unpaired) electrons. The summed E-state index contributed by atoms with van der Waals surface area (Å²) in [7, 11) is 0. The van der Waals surface area contributed by atoms with Crippen LogP contribution in [0, 0.1) is 5.82 Å². The lowest BCUT2D eigenvalue weighted by atomic mass is 10.0. The van der Waals surface area contributed by atoms with Gasteiger partial charge in [0.25, 0.3) is 5.91 Å². The molecule has 4 nitrogen and oxygen atoms in total. The van der Waals surface area contributed by atoms with E-state index in [1.54, 1.807) is 17.0 Å². The number of carbonyl (C=O) groups is 1. The fourth-order valence-electron chi connectivity index (χ4n) is 2.54. The van der Waals surface area contributed by atoms with Gasteiger partial charge in [-0.1, -0.05) is 12.1 Å². The third-order valence-corrected chi connectivity index (χ3v) is 4.17. The van der Waals surface area contributed by atoms with Gasteiger partial charge in [0.15, 0.2) is 0 Å². The zero-order chi connectivity index (χ0) is 14.8. The van der Waals surface area contributed by atoms with E-state index in [1.807, 2.05) is 6.07 Å². The van der Waals surface area contributed by atoms with Crippen molar-refractivity contribution in [3.8, 4) is 0 Å². The molecule has 0 aliphatic carbocycles. The second kappa shape index (κ2) is 5.99. The van der Waals surface area contributed by atoms with Gasteiger partial charge in [-0.05, 0) is 39.7 Å². The molecule has 2 heterocycles. The lowest BCUT2D eigenvalue weighted by Gasteiger charge is -2.36. The van der Waals surface area contributed by atoms with E-state index in [9.17, 15) is 9.18 Å². The number of amides is 1. The average Bonchev–Trinajstić information content (AvgIpc) is 2.93. The van der Waals surface area contributed by atoms with E-state index >= 15 is 0 Å². The molecular weight excluding hydrogens is 339 g/mol. The Morgan fingerprint density at radius 1 is 1.43 bits per heavy atom. The third kappa shape index (κ3) is 2.87. The molecule has 2 aromatic rings. The molecule has 6 heteroatoms. The molecule has 21 heavy (non-hydrogen) atoms. The SMILES string of the molecule is O=C(c1occc1Br)N1CCNCC1c1cccc(F)c1. The van der Waals surface area contributed by atoms with Crippen molar-refractivity contribution >= 4 is 21.8 Å². The summed E-state index contributed by atoms with van der Waals surface area (Å²) >= 11 is 3.30. The number of hydrogen-bond donors (Lipinski definition) is 1. The Hall–Kier alpha value is -1.66. The molecule has 1 amide bonds. The quantitative estimate of drug-likeness (QED) is 0.903. The van der Waals surface area contributed by atoms with Crippen LogP contribution in [0.2, 0.25) is 0 Å². The van der Waals surface area contributed by atoms with Gasteiger partial charge in [0, 0.05) is 19.6 Å². The Morgan fingerprint density at radius 3 is 3.00 bits per heavy atom. The van der Waals surface area contributed by atoms with Crippen LogP contribution >= 0.6 is 15.9 Å². The van der Waals surface area contributed by atoms with Crippen molar-refractivity contribution in [1.82, 2.24) is 10.2 Å². The lowest BCUT2D eigenvalue weighted by molar-refractivity contribution is 0.0600. The molecule has 0 saturated carbocycles. The Kier molecular flexibility index (Phi) is 4.07. The van der Waals surface area contributed by atoms with Gasteiger partial charge in [0.05, 0.1) is 16.8 Å². The van der Waals surface area contributed by atoms with Crippen molar-refractivity contribution in [3.63, 3.8) is 0 Å². The molecule has 1 aliphatic heterocycles. The molecule has 0 spiro atoms. The van der Waals surface area contributed by atoms with E-state index < -0.39 is 0 Å². The minimum atomic E-state index is -0.301. The topological polar surface area (TPSA) is 45.5 Å². The number of piperazine rings is 1. The average molecular weight is 353 g/mol. The van der Waals surface area contributed by atoms with Gasteiger partial charge in [0.2, 0.25) is 5.76 Å². The Bertz CT molecular complexity index is 659. The smallest absolute Gasteiger partial charge is 0.291 e. The predicted octanol–water partition coefficient (Wildman–Crippen LogP) is 2.97. The number of benzene rings is 1. The van der Waals surface area contributed by atoms with E-state index in [4.69, 9.17) is 4.42 Å². The Labute approximate surface area is 130 Å². The van der Waals surface area contributed by atoms with Gasteiger partial charge < -0.3 is 14.6 Å². The molecule has 1 aromatic heterocycles. The first-order valence-electron chi connectivity index (χ1n) is 6.67. The second-order valence-electron chi connectivity index (χ2n) is 4.87. The zero-order valence-corrected chi connectivity index (χ0v) is 12.8. The predicted molar refractivity (Wildman–Crippen MR) is 79.5 cm³/mol. The largest absolute Gasteiger partial charge is 0.458 e. The number of nitrogens with one attached hydrogen (secondary N) is 1. The van der Waals surface area contributed by atoms with Crippen LogP contribution in [-0.4, -0.2) is 30.4 Å². The first-order chi connectivity index (χ1) is 10.2. The first kappa shape index (κ1) is 14.3. The fourth-order valence-corrected chi connectivity index (χ4v) is 2.91. The fraction of sp³-hybridized carbons (Fsp3) is 0.267. The third-order valence-electron chi connectivity index (χ3n) is 3.55. The summed E-state index contributed by atoms with van der Waals surface area (Å²) in [6, 6.07) is 7.83. The summed E-state index contributed by atoms with van der Waals surface area (Å²) in [6.07, 6.45) is 1.47. The summed E-state index contributed by atoms with van der Waals surface area (Å²) in [5, 5.41) is 3.24. The standard InChI is InChI=1S/C15H14BrFN2O2/c16-12-4-7-21-14(12)15(20)19-6-5-18-9-13(19)10-2-1-3-11(17)8-10/h1-4,7-8,13,18H,5-6,9H2. The normalized spacial score (nSPS) is 18.8. The molecule has 1 unspecified atom stereocenters. The minimum absolute atomic E-state index is 0.192. The van der Waals surface area contributed by atoms with Crippen molar-refractivity contribution in [2.24, 2.45) is 0 Å². The number of carbonyl (C=O) groups excluding carboxylic acids is 1. The van der Waals surface area contributed by atoms with Crippen LogP contribution < -0.4 is 5.32 Å². The summed E-state index contributed by atoms with van der Waals surface area (Å²) < 4.78 is 19.3. The first-order valence-corrected chi connectivity index (χ1v) is 7.46. The van der Waals surface area contributed by atoms with E-state index in [-0.39, 0.29) is 23.5 Å². The highest BCUT2D eigenvalue weighted by Crippen LogP contribution is 2.27. The molecular formula is C15H14BrFN2O2. The van der Waals surface area contributed by atoms with Crippen LogP contribution in [0.15, 0.2) is 45.5 Å². The molecule has 1 fully saturated rings. The Morgan fingerprint density at radius 2 is 2.29 bits per heavy atom. The van der Waals surface area contributed by atoms with Crippen LogP contribution in [0.4, 0.5) is 4.39 Å². The lowest BCUT2D eigenvalue weighted by Crippen LogP contribution is -2.48. The van der Waals surface area contributed by atoms with E-state index in [0.29, 0.717) is 24.1 Å². The maximum atomic E-state index is 13.4. The highest BCUT2D eigenvalue weighted by molar-refractivity contribution is 9.10. The van der Waals surface area contributed by atoms with Crippen molar-refractivity contribution in [2.45, 2.75) is 6.04 Å². The van der Waals surface area contributed by atoms with E-state index in [1.165, 1.54) is 18.4 Å². The van der Waals surface area contributed by atoms with Gasteiger partial charge in [-0.15, -0.1) is 0 Å². The molecule has 110 valence electrons. The molecule has 1 N–H and O–H groups in total. The Balaban J connectivity index is 1.92. The highest BCUT2D eigenvalue weighted by Gasteiger charge is 2.31. The summed E-state index contributed by atoms with van der Waals surface area (Å²) in [5.74, 6) is -0.217. The van der Waals surface area contributed by atoms with Crippen LogP contribution in [0.25, 0.3) is 0 Å². The van der Waals surface area contributed by atoms with Crippen molar-refractivity contribution in [1.29, 1.82) is 0 Å². The minimum Gasteiger partial charge on any atom is -0.458 e.